The fourth-order valence-electron chi connectivity index (χ4n) is 19.6. The Bertz CT molecular complexity index is 4970. The third kappa shape index (κ3) is 5.11. The fraction of sp³-hybridized carbons (Fsp3) is 0.351. The average Bonchev–Trinajstić information content (AvgIpc) is 1.50. The quantitative estimate of drug-likeness (QED) is 0.166. The largest absolute Gasteiger partial charge is 0.308 e. The second-order valence-corrected chi connectivity index (χ2v) is 35.3. The molecule has 0 unspecified atom stereocenters. The van der Waals surface area contributed by atoms with Crippen LogP contribution < -0.4 is 5.19 Å². The van der Waals surface area contributed by atoms with Gasteiger partial charge in [-0.2, -0.15) is 5.26 Å². The van der Waals surface area contributed by atoms with Crippen LogP contribution in [0.4, 0.5) is 0 Å². The first-order valence-corrected chi connectivity index (χ1v) is 34.1. The maximum atomic E-state index is 15.2. The zero-order chi connectivity index (χ0) is 56.1. The van der Waals surface area contributed by atoms with Gasteiger partial charge in [0.25, 0.3) is 0 Å². The van der Waals surface area contributed by atoms with Crippen molar-refractivity contribution < 1.29 is 4.79 Å². The second kappa shape index (κ2) is 14.7. The predicted octanol–water partition coefficient (Wildman–Crippen LogP) is 19.3. The predicted molar refractivity (Wildman–Crippen MR) is 343 cm³/mol. The van der Waals surface area contributed by atoms with Gasteiger partial charge in [-0.05, 0) is 182 Å². The van der Waals surface area contributed by atoms with Crippen LogP contribution in [0.5, 0.6) is 0 Å². The van der Waals surface area contributed by atoms with Crippen LogP contribution in [0.15, 0.2) is 121 Å². The lowest BCUT2D eigenvalue weighted by atomic mass is 9.45. The maximum absolute atomic E-state index is 15.2. The molecule has 12 aromatic rings. The molecular weight excluding hydrogens is 1010 g/mol. The van der Waals surface area contributed by atoms with E-state index in [2.05, 4.69) is 212 Å². The molecule has 82 heavy (non-hydrogen) atoms. The van der Waals surface area contributed by atoms with Gasteiger partial charge in [-0.1, -0.05) is 166 Å². The molecule has 0 N–H and O–H groups in total. The highest BCUT2D eigenvalue weighted by atomic mass is 28.3. The summed E-state index contributed by atoms with van der Waals surface area (Å²) in [6.07, 6.45) is 8.53. The highest BCUT2D eigenvalue weighted by Gasteiger charge is 2.58. The number of ketones is 1. The highest BCUT2D eigenvalue weighted by molar-refractivity contribution is 6.92. The molecule has 4 heterocycles. The van der Waals surface area contributed by atoms with Crippen LogP contribution in [0, 0.1) is 28.6 Å². The van der Waals surface area contributed by atoms with Gasteiger partial charge in [-0.15, -0.1) is 0 Å². The number of nitrogens with zero attached hydrogens (tertiary/aromatic N) is 3. The normalized spacial score (nSPS) is 24.2. The minimum atomic E-state index is -2.11. The fourth-order valence-corrected chi connectivity index (χ4v) is 21.4. The lowest BCUT2D eigenvalue weighted by molar-refractivity contribution is 0.0732. The standard InChI is InChI=1S/C77H71N3OSi/c1-41(2)75-28-30-76(31-29-75,42(3)4)68-64-55-35-50-47-20-14-17-23-58(47)77(56-21-15-12-18-45(56)46-19-13-16-22-57(46)77)67(50)65-54-39-61-49(37-62(54)80(70(55)65)63(64)32-43(40-78)66(68)75)52-34-44(82(10,11)72(5,6)7)33-51-48-36-59-53(38-60(48)79(61)69(51)52)71(81)74(9)26-24-73(59,8)25-27-74/h12-23,32-39,41-42H,24-31H2,1-11H3. The molecule has 0 amide bonds. The topological polar surface area (TPSA) is 49.7 Å². The summed E-state index contributed by atoms with van der Waals surface area (Å²) in [7, 11) is -2.11. The van der Waals surface area contributed by atoms with Crippen LogP contribution in [0.1, 0.15) is 169 Å². The first-order valence-electron chi connectivity index (χ1n) is 31.1. The van der Waals surface area contributed by atoms with Crippen LogP contribution in [0.3, 0.4) is 0 Å². The van der Waals surface area contributed by atoms with E-state index in [1.165, 1.54) is 137 Å². The first-order chi connectivity index (χ1) is 39.2. The smallest absolute Gasteiger partial charge is 0.169 e. The number of benzene rings is 8. The van der Waals surface area contributed by atoms with Crippen LogP contribution in [-0.2, 0) is 21.7 Å². The maximum Gasteiger partial charge on any atom is 0.169 e. The Morgan fingerprint density at radius 1 is 0.488 bits per heavy atom. The number of hydrogen-bond donors (Lipinski definition) is 0. The van der Waals surface area contributed by atoms with E-state index in [4.69, 9.17) is 0 Å². The second-order valence-electron chi connectivity index (χ2n) is 30.0. The third-order valence-corrected chi connectivity index (χ3v) is 30.8. The van der Waals surface area contributed by atoms with Crippen molar-refractivity contribution in [2.75, 3.05) is 0 Å². The van der Waals surface area contributed by atoms with E-state index >= 15 is 4.79 Å². The summed E-state index contributed by atoms with van der Waals surface area (Å²) in [5.74, 6) is 1.14. The lowest BCUT2D eigenvalue weighted by Crippen LogP contribution is -2.52. The Balaban J connectivity index is 1.09. The van der Waals surface area contributed by atoms with E-state index in [0.29, 0.717) is 17.6 Å². The number of nitriles is 1. The molecule has 0 atom stereocenters. The molecule has 8 aliphatic carbocycles. The van der Waals surface area contributed by atoms with Crippen molar-refractivity contribution in [2.45, 2.75) is 153 Å². The Kier molecular flexibility index (Phi) is 8.67. The summed E-state index contributed by atoms with van der Waals surface area (Å²) in [4.78, 5) is 15.2. The lowest BCUT2D eigenvalue weighted by Gasteiger charge is -2.58. The van der Waals surface area contributed by atoms with Crippen molar-refractivity contribution in [1.82, 2.24) is 8.80 Å². The molecule has 4 nitrogen and oxygen atoms in total. The van der Waals surface area contributed by atoms with E-state index in [1.807, 2.05) is 0 Å². The van der Waals surface area contributed by atoms with Gasteiger partial charge in [0, 0.05) is 54.1 Å². The van der Waals surface area contributed by atoms with Gasteiger partial charge in [0.2, 0.25) is 0 Å². The van der Waals surface area contributed by atoms with Gasteiger partial charge in [-0.25, -0.2) is 0 Å². The van der Waals surface area contributed by atoms with E-state index in [9.17, 15) is 5.26 Å². The molecule has 20 rings (SSSR count). The summed E-state index contributed by atoms with van der Waals surface area (Å²) in [6.45, 7) is 27.0. The molecule has 0 aliphatic heterocycles. The van der Waals surface area contributed by atoms with Crippen molar-refractivity contribution in [3.63, 3.8) is 0 Å². The summed E-state index contributed by atoms with van der Waals surface area (Å²) in [5, 5.41) is 23.7. The van der Waals surface area contributed by atoms with Gasteiger partial charge < -0.3 is 8.80 Å². The number of hydrogen-bond acceptors (Lipinski definition) is 2. The molecule has 0 radical (unpaired) electrons. The van der Waals surface area contributed by atoms with Crippen molar-refractivity contribution in [3.8, 4) is 28.3 Å². The number of carbonyl (C=O) groups excluding carboxylic acids is 1. The monoisotopic (exact) mass is 1080 g/mol. The summed E-state index contributed by atoms with van der Waals surface area (Å²) >= 11 is 0. The summed E-state index contributed by atoms with van der Waals surface area (Å²) in [6, 6.07) is 51.1. The van der Waals surface area contributed by atoms with Crippen LogP contribution >= 0.6 is 0 Å². The van der Waals surface area contributed by atoms with Crippen molar-refractivity contribution in [3.05, 3.63) is 171 Å². The van der Waals surface area contributed by atoms with Crippen molar-refractivity contribution in [1.29, 1.82) is 5.26 Å². The van der Waals surface area contributed by atoms with Crippen molar-refractivity contribution >= 4 is 95.2 Å². The number of fused-ring (bicyclic) bond motifs is 27. The van der Waals surface area contributed by atoms with Crippen LogP contribution in [0.2, 0.25) is 18.1 Å². The average molecular weight is 1080 g/mol. The Hall–Kier alpha value is -7.26. The number of aromatic nitrogens is 2. The SMILES string of the molecule is CC(C)C12CCC(C(C)C)(CC1)c1c2c(C#N)cc2c1c1cc3c(c4c5cc6c(cc5n2c14)c1cc([Si](C)(C)C(C)(C)C)cc2c4cc5c(cc4n6c21)C(=O)C1(C)CCC5(C)CC1)C1(c2ccccc2-c2ccccc21)c1ccccc1-3. The molecule has 404 valence electrons. The molecule has 0 saturated heterocycles. The Morgan fingerprint density at radius 2 is 0.988 bits per heavy atom. The first kappa shape index (κ1) is 48.3. The van der Waals surface area contributed by atoms with E-state index < -0.39 is 13.5 Å². The van der Waals surface area contributed by atoms with E-state index in [0.717, 1.165) is 68.0 Å². The molecule has 4 bridgehead atoms. The molecule has 8 aromatic carbocycles. The molecule has 2 fully saturated rings. The molecule has 5 heteroatoms. The van der Waals surface area contributed by atoms with Gasteiger partial charge in [0.1, 0.15) is 0 Å². The zero-order valence-corrected chi connectivity index (χ0v) is 50.6. The Morgan fingerprint density at radius 3 is 1.56 bits per heavy atom. The molecule has 4 aromatic heterocycles. The van der Waals surface area contributed by atoms with Gasteiger partial charge >= 0.3 is 0 Å². The molecular formula is C77H71N3OSi. The van der Waals surface area contributed by atoms with Gasteiger partial charge in [-0.3, -0.25) is 4.79 Å². The van der Waals surface area contributed by atoms with Crippen LogP contribution in [0.25, 0.3) is 98.4 Å². The number of rotatable bonds is 3. The minimum absolute atomic E-state index is 0.0406. The molecule has 1 spiro atoms. The van der Waals surface area contributed by atoms with E-state index in [1.54, 1.807) is 0 Å². The van der Waals surface area contributed by atoms with Crippen molar-refractivity contribution in [2.24, 2.45) is 17.3 Å². The third-order valence-electron chi connectivity index (χ3n) is 25.3. The molecule has 2 saturated carbocycles. The zero-order valence-electron chi connectivity index (χ0n) is 49.6. The molecule has 8 aliphatic rings. The number of carbonyl (C=O) groups is 1. The van der Waals surface area contributed by atoms with Gasteiger partial charge in [0.15, 0.2) is 5.78 Å². The van der Waals surface area contributed by atoms with Crippen LogP contribution in [-0.4, -0.2) is 22.7 Å². The summed E-state index contributed by atoms with van der Waals surface area (Å²) < 4.78 is 5.28. The Labute approximate surface area is 481 Å². The van der Waals surface area contributed by atoms with Gasteiger partial charge in [0.05, 0.1) is 58.2 Å². The minimum Gasteiger partial charge on any atom is -0.308 e. The van der Waals surface area contributed by atoms with E-state index in [-0.39, 0.29) is 26.7 Å². The number of Topliss-reactive ketones (excluding diaryl/α,β-unsaturated/α-hetero) is 1. The summed E-state index contributed by atoms with van der Waals surface area (Å²) in [5.41, 5.74) is 22.8. The highest BCUT2D eigenvalue weighted by Crippen LogP contribution is 2.69.